The fourth-order valence-corrected chi connectivity index (χ4v) is 2.25. The van der Waals surface area contributed by atoms with Crippen molar-refractivity contribution in [2.75, 3.05) is 21.3 Å². The van der Waals surface area contributed by atoms with E-state index in [2.05, 4.69) is 0 Å². The SMILES string of the molecule is COc1ccc(C(=O)OCc2cccc([N+](=O)[O-])c2)c(OC)c1OC. The highest BCUT2D eigenvalue weighted by molar-refractivity contribution is 5.94. The van der Waals surface area contributed by atoms with Gasteiger partial charge >= 0.3 is 5.97 Å². The van der Waals surface area contributed by atoms with E-state index < -0.39 is 10.9 Å². The molecule has 0 fully saturated rings. The second-order valence-corrected chi connectivity index (χ2v) is 4.89. The van der Waals surface area contributed by atoms with Crippen LogP contribution in [0.3, 0.4) is 0 Å². The Kier molecular flexibility index (Phi) is 5.78. The first-order valence-electron chi connectivity index (χ1n) is 7.21. The zero-order valence-corrected chi connectivity index (χ0v) is 14.0. The minimum absolute atomic E-state index is 0.0720. The zero-order valence-electron chi connectivity index (χ0n) is 14.0. The topological polar surface area (TPSA) is 97.1 Å². The van der Waals surface area contributed by atoms with Gasteiger partial charge in [0.1, 0.15) is 12.2 Å². The van der Waals surface area contributed by atoms with Crippen molar-refractivity contribution < 1.29 is 28.7 Å². The number of ether oxygens (including phenoxy) is 4. The summed E-state index contributed by atoms with van der Waals surface area (Å²) in [6.45, 7) is -0.113. The number of nitro benzene ring substituents is 1. The van der Waals surface area contributed by atoms with E-state index in [1.165, 1.54) is 45.6 Å². The fourth-order valence-electron chi connectivity index (χ4n) is 2.25. The normalized spacial score (nSPS) is 10.0. The van der Waals surface area contributed by atoms with Crippen molar-refractivity contribution in [3.8, 4) is 17.2 Å². The number of benzene rings is 2. The molecule has 0 aliphatic carbocycles. The van der Waals surface area contributed by atoms with E-state index in [9.17, 15) is 14.9 Å². The Morgan fingerprint density at radius 3 is 2.36 bits per heavy atom. The predicted octanol–water partition coefficient (Wildman–Crippen LogP) is 2.98. The molecule has 8 nitrogen and oxygen atoms in total. The molecule has 0 heterocycles. The van der Waals surface area contributed by atoms with Gasteiger partial charge in [-0.3, -0.25) is 10.1 Å². The molecule has 0 aliphatic heterocycles. The molecule has 2 rings (SSSR count). The number of rotatable bonds is 7. The molecule has 0 aliphatic rings. The van der Waals surface area contributed by atoms with Crippen molar-refractivity contribution in [3.05, 3.63) is 57.6 Å². The smallest absolute Gasteiger partial charge is 0.342 e. The van der Waals surface area contributed by atoms with Gasteiger partial charge in [-0.2, -0.15) is 0 Å². The summed E-state index contributed by atoms with van der Waals surface area (Å²) < 4.78 is 20.8. The first-order valence-corrected chi connectivity index (χ1v) is 7.21. The Bertz CT molecular complexity index is 789. The molecule has 0 saturated heterocycles. The fraction of sp³-hybridized carbons (Fsp3) is 0.235. The lowest BCUT2D eigenvalue weighted by atomic mass is 10.1. The number of esters is 1. The molecule has 0 amide bonds. The van der Waals surface area contributed by atoms with E-state index >= 15 is 0 Å². The van der Waals surface area contributed by atoms with Gasteiger partial charge in [0.25, 0.3) is 5.69 Å². The quantitative estimate of drug-likeness (QED) is 0.431. The summed E-state index contributed by atoms with van der Waals surface area (Å²) in [5, 5.41) is 10.8. The molecule has 0 spiro atoms. The van der Waals surface area contributed by atoms with Crippen LogP contribution in [0.15, 0.2) is 36.4 Å². The summed E-state index contributed by atoms with van der Waals surface area (Å²) in [4.78, 5) is 22.6. The molecule has 0 atom stereocenters. The number of nitrogens with zero attached hydrogens (tertiary/aromatic N) is 1. The maximum absolute atomic E-state index is 12.4. The third-order valence-electron chi connectivity index (χ3n) is 3.42. The Hall–Kier alpha value is -3.29. The van der Waals surface area contributed by atoms with Gasteiger partial charge in [0.05, 0.1) is 26.3 Å². The van der Waals surface area contributed by atoms with Crippen molar-refractivity contribution in [1.29, 1.82) is 0 Å². The summed E-state index contributed by atoms with van der Waals surface area (Å²) in [6.07, 6.45) is 0. The van der Waals surface area contributed by atoms with Crippen LogP contribution >= 0.6 is 0 Å². The van der Waals surface area contributed by atoms with E-state index in [1.54, 1.807) is 12.1 Å². The Labute approximate surface area is 144 Å². The monoisotopic (exact) mass is 347 g/mol. The Morgan fingerprint density at radius 1 is 1.04 bits per heavy atom. The summed E-state index contributed by atoms with van der Waals surface area (Å²) in [7, 11) is 4.30. The van der Waals surface area contributed by atoms with Crippen molar-refractivity contribution in [2.24, 2.45) is 0 Å². The molecule has 25 heavy (non-hydrogen) atoms. The van der Waals surface area contributed by atoms with Crippen LogP contribution in [0.5, 0.6) is 17.2 Å². The van der Waals surface area contributed by atoms with Gasteiger partial charge in [-0.15, -0.1) is 0 Å². The number of hydrogen-bond acceptors (Lipinski definition) is 7. The highest BCUT2D eigenvalue weighted by Crippen LogP contribution is 2.40. The lowest BCUT2D eigenvalue weighted by Crippen LogP contribution is -2.09. The van der Waals surface area contributed by atoms with E-state index in [4.69, 9.17) is 18.9 Å². The summed E-state index contributed by atoms with van der Waals surface area (Å²) >= 11 is 0. The Morgan fingerprint density at radius 2 is 1.76 bits per heavy atom. The van der Waals surface area contributed by atoms with Gasteiger partial charge < -0.3 is 18.9 Å². The number of carbonyl (C=O) groups excluding carboxylic acids is 1. The molecular weight excluding hydrogens is 330 g/mol. The highest BCUT2D eigenvalue weighted by atomic mass is 16.6. The molecular formula is C17H17NO7. The average molecular weight is 347 g/mol. The third kappa shape index (κ3) is 3.97. The number of methoxy groups -OCH3 is 3. The molecule has 0 bridgehead atoms. The number of non-ortho nitro benzene ring substituents is 1. The highest BCUT2D eigenvalue weighted by Gasteiger charge is 2.21. The molecule has 0 aromatic heterocycles. The minimum atomic E-state index is -0.649. The van der Waals surface area contributed by atoms with Gasteiger partial charge in [0, 0.05) is 12.1 Å². The second kappa shape index (κ2) is 8.00. The molecule has 0 N–H and O–H groups in total. The number of carbonyl (C=O) groups is 1. The molecule has 0 unspecified atom stereocenters. The lowest BCUT2D eigenvalue weighted by Gasteiger charge is -2.15. The van der Waals surface area contributed by atoms with Crippen molar-refractivity contribution >= 4 is 11.7 Å². The van der Waals surface area contributed by atoms with Crippen molar-refractivity contribution in [1.82, 2.24) is 0 Å². The maximum atomic E-state index is 12.4. The van der Waals surface area contributed by atoms with Gasteiger partial charge in [-0.25, -0.2) is 4.79 Å². The second-order valence-electron chi connectivity index (χ2n) is 4.89. The van der Waals surface area contributed by atoms with Crippen LogP contribution in [-0.2, 0) is 11.3 Å². The zero-order chi connectivity index (χ0) is 18.4. The van der Waals surface area contributed by atoms with Crippen molar-refractivity contribution in [2.45, 2.75) is 6.61 Å². The largest absolute Gasteiger partial charge is 0.493 e. The van der Waals surface area contributed by atoms with Gasteiger partial charge in [-0.1, -0.05) is 12.1 Å². The maximum Gasteiger partial charge on any atom is 0.342 e. The summed E-state index contributed by atoms with van der Waals surface area (Å²) in [5.41, 5.74) is 0.588. The number of hydrogen-bond donors (Lipinski definition) is 0. The minimum Gasteiger partial charge on any atom is -0.493 e. The van der Waals surface area contributed by atoms with Crippen LogP contribution in [0.25, 0.3) is 0 Å². The molecule has 0 saturated carbocycles. The number of nitro groups is 1. The summed E-state index contributed by atoms with van der Waals surface area (Å²) in [5.74, 6) is 0.222. The van der Waals surface area contributed by atoms with E-state index in [0.717, 1.165) is 0 Å². The van der Waals surface area contributed by atoms with Crippen LogP contribution in [0.4, 0.5) is 5.69 Å². The van der Waals surface area contributed by atoms with Crippen LogP contribution in [0.2, 0.25) is 0 Å². The third-order valence-corrected chi connectivity index (χ3v) is 3.42. The molecule has 8 heteroatoms. The predicted molar refractivity (Wildman–Crippen MR) is 88.3 cm³/mol. The first-order chi connectivity index (χ1) is 12.0. The first kappa shape index (κ1) is 18.1. The average Bonchev–Trinajstić information content (AvgIpc) is 2.64. The van der Waals surface area contributed by atoms with Gasteiger partial charge in [0.15, 0.2) is 11.5 Å². The molecule has 132 valence electrons. The molecule has 2 aromatic rings. The van der Waals surface area contributed by atoms with Crippen molar-refractivity contribution in [3.63, 3.8) is 0 Å². The molecule has 0 radical (unpaired) electrons. The van der Waals surface area contributed by atoms with E-state index in [0.29, 0.717) is 11.3 Å². The van der Waals surface area contributed by atoms with Crippen LogP contribution in [0, 0.1) is 10.1 Å². The lowest BCUT2D eigenvalue weighted by molar-refractivity contribution is -0.384. The summed E-state index contributed by atoms with van der Waals surface area (Å²) in [6, 6.07) is 8.92. The van der Waals surface area contributed by atoms with Gasteiger partial charge in [-0.05, 0) is 17.7 Å². The van der Waals surface area contributed by atoms with E-state index in [1.807, 2.05) is 0 Å². The molecule has 2 aromatic carbocycles. The Balaban J connectivity index is 2.21. The van der Waals surface area contributed by atoms with Crippen LogP contribution in [0.1, 0.15) is 15.9 Å². The van der Waals surface area contributed by atoms with Gasteiger partial charge in [0.2, 0.25) is 5.75 Å². The standard InChI is InChI=1S/C17H17NO7/c1-22-14-8-7-13(15(23-2)16(14)24-3)17(19)25-10-11-5-4-6-12(9-11)18(20)21/h4-9H,10H2,1-3H3. The van der Waals surface area contributed by atoms with Crippen LogP contribution < -0.4 is 14.2 Å². The van der Waals surface area contributed by atoms with Crippen LogP contribution in [-0.4, -0.2) is 32.2 Å². The van der Waals surface area contributed by atoms with E-state index in [-0.39, 0.29) is 29.4 Å².